The van der Waals surface area contributed by atoms with Crippen LogP contribution in [-0.2, 0) is 0 Å². The van der Waals surface area contributed by atoms with E-state index in [-0.39, 0.29) is 11.0 Å². The van der Waals surface area contributed by atoms with Gasteiger partial charge in [-0.15, -0.1) is 0 Å². The van der Waals surface area contributed by atoms with Crippen molar-refractivity contribution in [1.82, 2.24) is 10.3 Å². The number of aromatic nitrogens is 1. The molecule has 3 rings (SSSR count). The van der Waals surface area contributed by atoms with Crippen molar-refractivity contribution in [3.63, 3.8) is 0 Å². The summed E-state index contributed by atoms with van der Waals surface area (Å²) in [4.78, 5) is 17.0. The molecule has 0 radical (unpaired) electrons. The molecule has 0 spiro atoms. The van der Waals surface area contributed by atoms with Crippen LogP contribution in [0.15, 0.2) is 53.1 Å². The number of methoxy groups -OCH3 is 1. The van der Waals surface area contributed by atoms with Gasteiger partial charge in [-0.3, -0.25) is 15.1 Å². The van der Waals surface area contributed by atoms with E-state index in [1.165, 1.54) is 7.11 Å². The molecule has 0 aliphatic rings. The fraction of sp³-hybridized carbons (Fsp3) is 0.105. The summed E-state index contributed by atoms with van der Waals surface area (Å²) in [5, 5.41) is 6.90. The summed E-state index contributed by atoms with van der Waals surface area (Å²) in [6.07, 6.45) is 1.71. The normalized spacial score (nSPS) is 10.4. The number of anilines is 1. The fourth-order valence-electron chi connectivity index (χ4n) is 2.70. The number of rotatable bonds is 3. The Labute approximate surface area is 164 Å². The number of hydrogen-bond acceptors (Lipinski definition) is 4. The molecule has 1 heterocycles. The lowest BCUT2D eigenvalue weighted by molar-refractivity contribution is 0.0974. The second-order valence-corrected chi connectivity index (χ2v) is 6.92. The number of thiocarbonyl (C=S) groups is 1. The van der Waals surface area contributed by atoms with E-state index in [1.807, 2.05) is 43.3 Å². The highest BCUT2D eigenvalue weighted by Gasteiger charge is 2.17. The quantitative estimate of drug-likeness (QED) is 0.602. The average molecular weight is 430 g/mol. The van der Waals surface area contributed by atoms with Crippen LogP contribution >= 0.6 is 28.1 Å². The van der Waals surface area contributed by atoms with Crippen molar-refractivity contribution in [2.24, 2.45) is 0 Å². The van der Waals surface area contributed by atoms with Crippen LogP contribution in [0.2, 0.25) is 0 Å². The molecule has 1 amide bonds. The second kappa shape index (κ2) is 7.80. The Morgan fingerprint density at radius 2 is 2.00 bits per heavy atom. The van der Waals surface area contributed by atoms with Gasteiger partial charge in [0.25, 0.3) is 5.91 Å². The monoisotopic (exact) mass is 429 g/mol. The molecule has 0 aliphatic carbocycles. The summed E-state index contributed by atoms with van der Waals surface area (Å²) >= 11 is 8.70. The molecule has 0 atom stereocenters. The molecular weight excluding hydrogens is 414 g/mol. The lowest BCUT2D eigenvalue weighted by atomic mass is 10.1. The van der Waals surface area contributed by atoms with E-state index in [0.717, 1.165) is 26.6 Å². The van der Waals surface area contributed by atoms with Crippen molar-refractivity contribution in [3.05, 3.63) is 64.3 Å². The van der Waals surface area contributed by atoms with E-state index in [4.69, 9.17) is 17.0 Å². The molecule has 2 aromatic carbocycles. The number of ether oxygens (including phenoxy) is 1. The zero-order chi connectivity index (χ0) is 18.7. The number of nitrogens with one attached hydrogen (secondary N) is 2. The number of benzene rings is 2. The first-order valence-electron chi connectivity index (χ1n) is 7.80. The van der Waals surface area contributed by atoms with Gasteiger partial charge in [0.2, 0.25) is 0 Å². The molecule has 0 unspecified atom stereocenters. The van der Waals surface area contributed by atoms with Gasteiger partial charge in [0, 0.05) is 16.1 Å². The predicted molar refractivity (Wildman–Crippen MR) is 111 cm³/mol. The van der Waals surface area contributed by atoms with Gasteiger partial charge in [-0.05, 0) is 49.0 Å². The van der Waals surface area contributed by atoms with E-state index in [2.05, 4.69) is 31.5 Å². The average Bonchev–Trinajstić information content (AvgIpc) is 2.61. The standard InChI is InChI=1S/C19H16BrN3O2S/c1-11-9-13(20)10-14(17(11)25-2)18(24)23-19(26)22-15-7-3-5-12-6-4-8-21-16(12)15/h3-10H,1-2H3,(H2,22,23,24,26). The Bertz CT molecular complexity index is 1000. The molecule has 2 N–H and O–H groups in total. The van der Waals surface area contributed by atoms with Gasteiger partial charge >= 0.3 is 0 Å². The predicted octanol–water partition coefficient (Wildman–Crippen LogP) is 4.44. The van der Waals surface area contributed by atoms with Crippen LogP contribution in [0.5, 0.6) is 5.75 Å². The van der Waals surface area contributed by atoms with Crippen LogP contribution in [0.25, 0.3) is 10.9 Å². The summed E-state index contributed by atoms with van der Waals surface area (Å²) in [5.74, 6) is 0.164. The summed E-state index contributed by atoms with van der Waals surface area (Å²) in [6, 6.07) is 13.1. The maximum Gasteiger partial charge on any atom is 0.261 e. The molecule has 0 aliphatic heterocycles. The highest BCUT2D eigenvalue weighted by Crippen LogP contribution is 2.28. The Morgan fingerprint density at radius 1 is 1.23 bits per heavy atom. The number of pyridine rings is 1. The molecule has 3 aromatic rings. The van der Waals surface area contributed by atoms with Gasteiger partial charge in [-0.25, -0.2) is 0 Å². The first-order chi connectivity index (χ1) is 12.5. The third-order valence-corrected chi connectivity index (χ3v) is 4.46. The molecule has 0 fully saturated rings. The molecule has 7 heteroatoms. The van der Waals surface area contributed by atoms with Crippen LogP contribution in [0.3, 0.4) is 0 Å². The molecule has 0 saturated heterocycles. The number of halogens is 1. The number of aryl methyl sites for hydroxylation is 1. The van der Waals surface area contributed by atoms with Crippen molar-refractivity contribution in [1.29, 1.82) is 0 Å². The lowest BCUT2D eigenvalue weighted by Crippen LogP contribution is -2.34. The Balaban J connectivity index is 1.81. The van der Waals surface area contributed by atoms with Gasteiger partial charge in [-0.2, -0.15) is 0 Å². The maximum atomic E-state index is 12.6. The van der Waals surface area contributed by atoms with Crippen molar-refractivity contribution in [2.75, 3.05) is 12.4 Å². The zero-order valence-electron chi connectivity index (χ0n) is 14.2. The minimum Gasteiger partial charge on any atom is -0.496 e. The first kappa shape index (κ1) is 18.3. The number of para-hydroxylation sites is 1. The Morgan fingerprint density at radius 3 is 2.77 bits per heavy atom. The summed E-state index contributed by atoms with van der Waals surface area (Å²) in [6.45, 7) is 1.87. The number of nitrogens with zero attached hydrogens (tertiary/aromatic N) is 1. The van der Waals surface area contributed by atoms with E-state index < -0.39 is 0 Å². The highest BCUT2D eigenvalue weighted by molar-refractivity contribution is 9.10. The first-order valence-corrected chi connectivity index (χ1v) is 9.00. The molecule has 26 heavy (non-hydrogen) atoms. The fourth-order valence-corrected chi connectivity index (χ4v) is 3.47. The number of carbonyl (C=O) groups excluding carboxylic acids is 1. The minimum atomic E-state index is -0.350. The third kappa shape index (κ3) is 3.84. The number of carbonyl (C=O) groups is 1. The van der Waals surface area contributed by atoms with Crippen LogP contribution in [0.4, 0.5) is 5.69 Å². The lowest BCUT2D eigenvalue weighted by Gasteiger charge is -2.14. The van der Waals surface area contributed by atoms with E-state index in [9.17, 15) is 4.79 Å². The summed E-state index contributed by atoms with van der Waals surface area (Å²) in [5.41, 5.74) is 2.76. The molecule has 0 saturated carbocycles. The number of fused-ring (bicyclic) bond motifs is 1. The number of amides is 1. The van der Waals surface area contributed by atoms with Crippen molar-refractivity contribution in [2.45, 2.75) is 6.92 Å². The van der Waals surface area contributed by atoms with E-state index in [1.54, 1.807) is 12.3 Å². The van der Waals surface area contributed by atoms with Gasteiger partial charge in [0.15, 0.2) is 5.11 Å². The van der Waals surface area contributed by atoms with Crippen LogP contribution in [0, 0.1) is 6.92 Å². The molecule has 5 nitrogen and oxygen atoms in total. The van der Waals surface area contributed by atoms with Gasteiger partial charge in [0.1, 0.15) is 5.75 Å². The van der Waals surface area contributed by atoms with Gasteiger partial charge in [-0.1, -0.05) is 34.1 Å². The smallest absolute Gasteiger partial charge is 0.261 e. The Kier molecular flexibility index (Phi) is 5.49. The molecule has 132 valence electrons. The van der Waals surface area contributed by atoms with Crippen molar-refractivity contribution < 1.29 is 9.53 Å². The summed E-state index contributed by atoms with van der Waals surface area (Å²) in [7, 11) is 1.53. The Hall–Kier alpha value is -2.51. The number of hydrogen-bond donors (Lipinski definition) is 2. The van der Waals surface area contributed by atoms with E-state index in [0.29, 0.717) is 11.3 Å². The van der Waals surface area contributed by atoms with Crippen molar-refractivity contribution in [3.8, 4) is 5.75 Å². The largest absolute Gasteiger partial charge is 0.496 e. The van der Waals surface area contributed by atoms with Gasteiger partial charge in [0.05, 0.1) is 23.9 Å². The summed E-state index contributed by atoms with van der Waals surface area (Å²) < 4.78 is 6.14. The molecule has 0 bridgehead atoms. The van der Waals surface area contributed by atoms with Crippen molar-refractivity contribution >= 4 is 55.8 Å². The second-order valence-electron chi connectivity index (χ2n) is 5.59. The minimum absolute atomic E-state index is 0.188. The van der Waals surface area contributed by atoms with Crippen LogP contribution < -0.4 is 15.4 Å². The molecule has 1 aromatic heterocycles. The van der Waals surface area contributed by atoms with Crippen LogP contribution in [0.1, 0.15) is 15.9 Å². The molecular formula is C19H16BrN3O2S. The highest BCUT2D eigenvalue weighted by atomic mass is 79.9. The maximum absolute atomic E-state index is 12.6. The SMILES string of the molecule is COc1c(C)cc(Br)cc1C(=O)NC(=S)Nc1cccc2cccnc12. The van der Waals surface area contributed by atoms with E-state index >= 15 is 0 Å². The topological polar surface area (TPSA) is 63.2 Å². The van der Waals surface area contributed by atoms with Gasteiger partial charge < -0.3 is 10.1 Å². The van der Waals surface area contributed by atoms with Crippen LogP contribution in [-0.4, -0.2) is 23.1 Å². The zero-order valence-corrected chi connectivity index (χ0v) is 16.6. The third-order valence-electron chi connectivity index (χ3n) is 3.80.